The number of esters is 1. The third-order valence-corrected chi connectivity index (χ3v) is 2.26. The highest BCUT2D eigenvalue weighted by molar-refractivity contribution is 5.69. The van der Waals surface area contributed by atoms with Crippen LogP contribution >= 0.6 is 0 Å². The maximum absolute atomic E-state index is 11.0. The molecule has 1 aromatic rings. The van der Waals surface area contributed by atoms with Crippen molar-refractivity contribution in [3.8, 4) is 0 Å². The van der Waals surface area contributed by atoms with Crippen molar-refractivity contribution >= 4 is 11.7 Å². The van der Waals surface area contributed by atoms with Gasteiger partial charge in [0, 0.05) is 18.6 Å². The number of rotatable bonds is 6. The van der Waals surface area contributed by atoms with Gasteiger partial charge in [0.2, 0.25) is 0 Å². The van der Waals surface area contributed by atoms with Crippen LogP contribution in [0.5, 0.6) is 0 Å². The van der Waals surface area contributed by atoms with Crippen molar-refractivity contribution < 1.29 is 14.5 Å². The van der Waals surface area contributed by atoms with Gasteiger partial charge in [-0.1, -0.05) is 12.1 Å². The SMILES string of the molecule is [CH2]COC(=O)CCCc1ccc([N+](=O)[O-])cc1. The Kier molecular flexibility index (Phi) is 5.13. The molecule has 1 aromatic carbocycles. The number of nitro groups is 1. The first-order chi connectivity index (χ1) is 8.13. The number of nitro benzene ring substituents is 1. The van der Waals surface area contributed by atoms with Gasteiger partial charge in [0.1, 0.15) is 0 Å². The number of non-ortho nitro benzene ring substituents is 1. The first-order valence-corrected chi connectivity index (χ1v) is 5.31. The predicted molar refractivity (Wildman–Crippen MR) is 62.4 cm³/mol. The first kappa shape index (κ1) is 13.2. The lowest BCUT2D eigenvalue weighted by Crippen LogP contribution is -2.04. The number of carbonyl (C=O) groups excluding carboxylic acids is 1. The van der Waals surface area contributed by atoms with Crippen LogP contribution in [0.4, 0.5) is 5.69 Å². The summed E-state index contributed by atoms with van der Waals surface area (Å²) in [5.74, 6) is -0.262. The van der Waals surface area contributed by atoms with Crippen LogP contribution in [0.1, 0.15) is 18.4 Å². The Hall–Kier alpha value is -1.91. The molecule has 1 rings (SSSR count). The zero-order valence-electron chi connectivity index (χ0n) is 9.43. The monoisotopic (exact) mass is 236 g/mol. The van der Waals surface area contributed by atoms with Crippen molar-refractivity contribution in [2.45, 2.75) is 19.3 Å². The van der Waals surface area contributed by atoms with E-state index >= 15 is 0 Å². The van der Waals surface area contributed by atoms with E-state index in [0.717, 1.165) is 5.56 Å². The number of hydrogen-bond acceptors (Lipinski definition) is 4. The van der Waals surface area contributed by atoms with Crippen molar-refractivity contribution in [1.82, 2.24) is 0 Å². The summed E-state index contributed by atoms with van der Waals surface area (Å²) in [6.45, 7) is 3.56. The summed E-state index contributed by atoms with van der Waals surface area (Å²) in [6, 6.07) is 6.32. The molecular formula is C12H14NO4. The van der Waals surface area contributed by atoms with E-state index in [1.54, 1.807) is 12.1 Å². The van der Waals surface area contributed by atoms with E-state index in [4.69, 9.17) is 4.74 Å². The molecule has 0 amide bonds. The lowest BCUT2D eigenvalue weighted by Gasteiger charge is -2.02. The highest BCUT2D eigenvalue weighted by Gasteiger charge is 2.05. The molecule has 5 nitrogen and oxygen atoms in total. The topological polar surface area (TPSA) is 69.4 Å². The summed E-state index contributed by atoms with van der Waals surface area (Å²) in [5, 5.41) is 10.4. The minimum Gasteiger partial charge on any atom is -0.466 e. The van der Waals surface area contributed by atoms with Gasteiger partial charge in [-0.2, -0.15) is 0 Å². The van der Waals surface area contributed by atoms with Crippen LogP contribution in [0.3, 0.4) is 0 Å². The molecule has 5 heteroatoms. The smallest absolute Gasteiger partial charge is 0.305 e. The van der Waals surface area contributed by atoms with Crippen LogP contribution in [0, 0.1) is 17.0 Å². The minimum absolute atomic E-state index is 0.0743. The van der Waals surface area contributed by atoms with Gasteiger partial charge in [-0.25, -0.2) is 0 Å². The zero-order valence-corrected chi connectivity index (χ0v) is 9.43. The molecule has 0 aliphatic carbocycles. The molecular weight excluding hydrogens is 222 g/mol. The molecule has 0 bridgehead atoms. The Bertz CT molecular complexity index is 386. The number of nitrogens with zero attached hydrogens (tertiary/aromatic N) is 1. The van der Waals surface area contributed by atoms with Crippen molar-refractivity contribution in [2.24, 2.45) is 0 Å². The third kappa shape index (κ3) is 4.63. The molecule has 0 aliphatic rings. The summed E-state index contributed by atoms with van der Waals surface area (Å²) in [7, 11) is 0. The molecule has 91 valence electrons. The van der Waals surface area contributed by atoms with E-state index in [-0.39, 0.29) is 18.3 Å². The van der Waals surface area contributed by atoms with Crippen LogP contribution in [0.25, 0.3) is 0 Å². The first-order valence-electron chi connectivity index (χ1n) is 5.31. The Morgan fingerprint density at radius 3 is 2.53 bits per heavy atom. The van der Waals surface area contributed by atoms with Gasteiger partial charge in [0.05, 0.1) is 11.5 Å². The molecule has 1 radical (unpaired) electrons. The highest BCUT2D eigenvalue weighted by Crippen LogP contribution is 2.13. The van der Waals surface area contributed by atoms with Crippen molar-refractivity contribution in [2.75, 3.05) is 6.61 Å². The predicted octanol–water partition coefficient (Wildman–Crippen LogP) is 2.29. The molecule has 0 aliphatic heterocycles. The average molecular weight is 236 g/mol. The second kappa shape index (κ2) is 6.62. The number of aryl methyl sites for hydroxylation is 1. The Morgan fingerprint density at radius 1 is 1.35 bits per heavy atom. The van der Waals surface area contributed by atoms with Gasteiger partial charge >= 0.3 is 5.97 Å². The second-order valence-corrected chi connectivity index (χ2v) is 3.50. The molecule has 17 heavy (non-hydrogen) atoms. The molecule has 0 spiro atoms. The van der Waals surface area contributed by atoms with Gasteiger partial charge in [0.15, 0.2) is 0 Å². The van der Waals surface area contributed by atoms with Crippen molar-refractivity contribution in [3.05, 3.63) is 46.9 Å². The lowest BCUT2D eigenvalue weighted by molar-refractivity contribution is -0.384. The maximum atomic E-state index is 11.0. The Morgan fingerprint density at radius 2 is 2.00 bits per heavy atom. The van der Waals surface area contributed by atoms with E-state index in [1.165, 1.54) is 12.1 Å². The standard InChI is InChI=1S/C12H14NO4/c1-2-17-12(14)5-3-4-10-6-8-11(9-7-10)13(15)16/h6-9H,1-5H2. The van der Waals surface area contributed by atoms with E-state index < -0.39 is 4.92 Å². The summed E-state index contributed by atoms with van der Waals surface area (Å²) in [6.07, 6.45) is 1.70. The largest absolute Gasteiger partial charge is 0.466 e. The van der Waals surface area contributed by atoms with E-state index in [1.807, 2.05) is 0 Å². The second-order valence-electron chi connectivity index (χ2n) is 3.50. The molecule has 0 heterocycles. The Labute approximate surface area is 99.5 Å². The van der Waals surface area contributed by atoms with Gasteiger partial charge in [0.25, 0.3) is 5.69 Å². The molecule has 0 aromatic heterocycles. The fourth-order valence-corrected chi connectivity index (χ4v) is 1.41. The molecule has 0 unspecified atom stereocenters. The minimum atomic E-state index is -0.435. The number of hydrogen-bond donors (Lipinski definition) is 0. The number of benzene rings is 1. The Balaban J connectivity index is 2.37. The molecule has 0 saturated heterocycles. The van der Waals surface area contributed by atoms with E-state index in [9.17, 15) is 14.9 Å². The number of carbonyl (C=O) groups is 1. The van der Waals surface area contributed by atoms with Crippen molar-refractivity contribution in [1.29, 1.82) is 0 Å². The summed E-state index contributed by atoms with van der Waals surface area (Å²) in [4.78, 5) is 21.0. The fourth-order valence-electron chi connectivity index (χ4n) is 1.41. The third-order valence-electron chi connectivity index (χ3n) is 2.26. The molecule has 0 atom stereocenters. The average Bonchev–Trinajstić information content (AvgIpc) is 2.30. The van der Waals surface area contributed by atoms with Gasteiger partial charge in [-0.3, -0.25) is 14.9 Å². The van der Waals surface area contributed by atoms with E-state index in [2.05, 4.69) is 6.92 Å². The number of ether oxygens (including phenoxy) is 1. The van der Waals surface area contributed by atoms with Crippen LogP contribution in [-0.4, -0.2) is 17.5 Å². The lowest BCUT2D eigenvalue weighted by atomic mass is 10.1. The van der Waals surface area contributed by atoms with Gasteiger partial charge < -0.3 is 4.74 Å². The summed E-state index contributed by atoms with van der Waals surface area (Å²) < 4.78 is 4.69. The van der Waals surface area contributed by atoms with E-state index in [0.29, 0.717) is 19.3 Å². The van der Waals surface area contributed by atoms with Crippen LogP contribution in [-0.2, 0) is 16.0 Å². The fraction of sp³-hybridized carbons (Fsp3) is 0.333. The maximum Gasteiger partial charge on any atom is 0.305 e. The van der Waals surface area contributed by atoms with Gasteiger partial charge in [-0.05, 0) is 25.3 Å². The summed E-state index contributed by atoms with van der Waals surface area (Å²) >= 11 is 0. The zero-order chi connectivity index (χ0) is 12.7. The van der Waals surface area contributed by atoms with Crippen LogP contribution in [0.15, 0.2) is 24.3 Å². The van der Waals surface area contributed by atoms with Gasteiger partial charge in [-0.15, -0.1) is 0 Å². The molecule has 0 saturated carbocycles. The summed E-state index contributed by atoms with van der Waals surface area (Å²) in [5.41, 5.74) is 1.04. The van der Waals surface area contributed by atoms with Crippen LogP contribution in [0.2, 0.25) is 0 Å². The normalized spacial score (nSPS) is 9.94. The van der Waals surface area contributed by atoms with Crippen LogP contribution < -0.4 is 0 Å². The molecule has 0 N–H and O–H groups in total. The molecule has 0 fully saturated rings. The quantitative estimate of drug-likeness (QED) is 0.431. The highest BCUT2D eigenvalue weighted by atomic mass is 16.6. The van der Waals surface area contributed by atoms with Crippen molar-refractivity contribution in [3.63, 3.8) is 0 Å².